The van der Waals surface area contributed by atoms with Crippen molar-refractivity contribution < 1.29 is 13.9 Å². The number of benzene rings is 2. The van der Waals surface area contributed by atoms with Crippen LogP contribution < -0.4 is 15.4 Å². The number of hydrogen-bond acceptors (Lipinski definition) is 4. The number of rotatable bonds is 9. The quantitative estimate of drug-likeness (QED) is 0.451. The fourth-order valence-electron chi connectivity index (χ4n) is 3.68. The molecule has 0 saturated carbocycles. The molecule has 0 aromatic heterocycles. The van der Waals surface area contributed by atoms with Crippen LogP contribution in [0.2, 0.25) is 0 Å². The van der Waals surface area contributed by atoms with Gasteiger partial charge in [0.25, 0.3) is 0 Å². The molecule has 0 atom stereocenters. The van der Waals surface area contributed by atoms with Crippen LogP contribution >= 0.6 is 0 Å². The summed E-state index contributed by atoms with van der Waals surface area (Å²) >= 11 is 0. The number of aliphatic imine (C=N–C) groups is 1. The summed E-state index contributed by atoms with van der Waals surface area (Å²) in [6, 6.07) is 14.4. The average molecular weight is 443 g/mol. The van der Waals surface area contributed by atoms with Crippen molar-refractivity contribution in [3.8, 4) is 11.5 Å². The van der Waals surface area contributed by atoms with E-state index in [0.717, 1.165) is 50.6 Å². The van der Waals surface area contributed by atoms with Crippen molar-refractivity contribution in [2.45, 2.75) is 45.4 Å². The van der Waals surface area contributed by atoms with Crippen LogP contribution in [0.3, 0.4) is 0 Å². The van der Waals surface area contributed by atoms with Crippen LogP contribution in [0, 0.1) is 5.82 Å². The first-order valence-electron chi connectivity index (χ1n) is 11.4. The lowest BCUT2D eigenvalue weighted by Gasteiger charge is -2.33. The lowest BCUT2D eigenvalue weighted by Crippen LogP contribution is -2.49. The summed E-state index contributed by atoms with van der Waals surface area (Å²) in [5.74, 6) is 1.22. The molecule has 0 amide bonds. The molecule has 3 rings (SSSR count). The van der Waals surface area contributed by atoms with E-state index in [1.807, 2.05) is 24.3 Å². The number of piperidine rings is 1. The van der Waals surface area contributed by atoms with Gasteiger partial charge in [-0.05, 0) is 44.9 Å². The predicted molar refractivity (Wildman–Crippen MR) is 127 cm³/mol. The molecule has 6 nitrogen and oxygen atoms in total. The summed E-state index contributed by atoms with van der Waals surface area (Å²) in [7, 11) is 1.77. The van der Waals surface area contributed by atoms with Gasteiger partial charge in [-0.25, -0.2) is 4.39 Å². The van der Waals surface area contributed by atoms with E-state index in [9.17, 15) is 4.39 Å². The van der Waals surface area contributed by atoms with E-state index in [1.54, 1.807) is 25.2 Å². The third-order valence-corrected chi connectivity index (χ3v) is 5.49. The van der Waals surface area contributed by atoms with Crippen LogP contribution in [-0.2, 0) is 11.3 Å². The third-order valence-electron chi connectivity index (χ3n) is 5.49. The standard InChI is InChI=1S/C25H35FN4O2/c1-19(2)31-17-16-30-14-12-21(13-15-30)29-25(27-3)28-18-20-8-4-6-10-23(20)32-24-11-7-5-9-22(24)26/h4-11,19,21H,12-18H2,1-3H3,(H2,27,28,29). The molecule has 0 radical (unpaired) electrons. The molecule has 2 aromatic rings. The van der Waals surface area contributed by atoms with Gasteiger partial charge in [0.2, 0.25) is 0 Å². The van der Waals surface area contributed by atoms with Crippen molar-refractivity contribution >= 4 is 5.96 Å². The first-order chi connectivity index (χ1) is 15.5. The number of para-hydroxylation sites is 2. The minimum Gasteiger partial charge on any atom is -0.454 e. The molecule has 2 aromatic carbocycles. The lowest BCUT2D eigenvalue weighted by molar-refractivity contribution is 0.0532. The van der Waals surface area contributed by atoms with Crippen molar-refractivity contribution in [3.05, 3.63) is 59.9 Å². The second-order valence-electron chi connectivity index (χ2n) is 8.25. The van der Waals surface area contributed by atoms with Crippen molar-refractivity contribution in [3.63, 3.8) is 0 Å². The topological polar surface area (TPSA) is 58.1 Å². The van der Waals surface area contributed by atoms with E-state index < -0.39 is 0 Å². The largest absolute Gasteiger partial charge is 0.454 e. The Bertz CT molecular complexity index is 867. The van der Waals surface area contributed by atoms with Gasteiger partial charge in [0.05, 0.1) is 12.7 Å². The molecule has 1 fully saturated rings. The fourth-order valence-corrected chi connectivity index (χ4v) is 3.68. The highest BCUT2D eigenvalue weighted by Gasteiger charge is 2.20. The minimum atomic E-state index is -0.380. The second kappa shape index (κ2) is 12.4. The molecule has 0 bridgehead atoms. The Balaban J connectivity index is 1.48. The van der Waals surface area contributed by atoms with Gasteiger partial charge in [-0.1, -0.05) is 30.3 Å². The van der Waals surface area contributed by atoms with E-state index in [1.165, 1.54) is 6.07 Å². The first kappa shape index (κ1) is 24.0. The first-order valence-corrected chi connectivity index (χ1v) is 11.4. The molecular formula is C25H35FN4O2. The monoisotopic (exact) mass is 442 g/mol. The molecule has 1 aliphatic heterocycles. The summed E-state index contributed by atoms with van der Waals surface area (Å²) in [5.41, 5.74) is 0.929. The maximum atomic E-state index is 14.0. The molecule has 0 spiro atoms. The van der Waals surface area contributed by atoms with Crippen molar-refractivity contribution in [2.24, 2.45) is 4.99 Å². The van der Waals surface area contributed by atoms with Gasteiger partial charge in [0, 0.05) is 44.8 Å². The Kier molecular flexibility index (Phi) is 9.31. The normalized spacial score (nSPS) is 15.7. The van der Waals surface area contributed by atoms with Crippen LogP contribution in [0.4, 0.5) is 4.39 Å². The highest BCUT2D eigenvalue weighted by atomic mass is 19.1. The molecule has 0 aliphatic carbocycles. The summed E-state index contributed by atoms with van der Waals surface area (Å²) < 4.78 is 25.5. The molecule has 32 heavy (non-hydrogen) atoms. The number of likely N-dealkylation sites (tertiary alicyclic amines) is 1. The van der Waals surface area contributed by atoms with Crippen molar-refractivity contribution in [1.29, 1.82) is 0 Å². The Morgan fingerprint density at radius 3 is 2.47 bits per heavy atom. The minimum absolute atomic E-state index is 0.216. The van der Waals surface area contributed by atoms with E-state index >= 15 is 0 Å². The zero-order chi connectivity index (χ0) is 22.8. The number of guanidine groups is 1. The number of hydrogen-bond donors (Lipinski definition) is 2. The van der Waals surface area contributed by atoms with Gasteiger partial charge in [-0.3, -0.25) is 4.99 Å². The second-order valence-corrected chi connectivity index (χ2v) is 8.25. The Hall–Kier alpha value is -2.64. The zero-order valence-corrected chi connectivity index (χ0v) is 19.3. The van der Waals surface area contributed by atoms with E-state index in [2.05, 4.69) is 34.4 Å². The van der Waals surface area contributed by atoms with Gasteiger partial charge < -0.3 is 25.0 Å². The van der Waals surface area contributed by atoms with Crippen LogP contribution in [0.15, 0.2) is 53.5 Å². The van der Waals surface area contributed by atoms with E-state index in [-0.39, 0.29) is 17.7 Å². The SMILES string of the molecule is CN=C(NCc1ccccc1Oc1ccccc1F)NC1CCN(CCOC(C)C)CC1. The van der Waals surface area contributed by atoms with Gasteiger partial charge in [0.1, 0.15) is 5.75 Å². The van der Waals surface area contributed by atoms with Gasteiger partial charge in [-0.15, -0.1) is 0 Å². The Morgan fingerprint density at radius 2 is 1.78 bits per heavy atom. The fraction of sp³-hybridized carbons (Fsp3) is 0.480. The Morgan fingerprint density at radius 1 is 1.09 bits per heavy atom. The molecule has 1 heterocycles. The summed E-state index contributed by atoms with van der Waals surface area (Å²) in [4.78, 5) is 6.82. The smallest absolute Gasteiger partial charge is 0.191 e. The lowest BCUT2D eigenvalue weighted by atomic mass is 10.1. The molecular weight excluding hydrogens is 407 g/mol. The maximum absolute atomic E-state index is 14.0. The van der Waals surface area contributed by atoms with Crippen LogP contribution in [0.1, 0.15) is 32.3 Å². The molecule has 0 unspecified atom stereocenters. The summed E-state index contributed by atoms with van der Waals surface area (Å²) in [6.07, 6.45) is 2.41. The molecule has 2 N–H and O–H groups in total. The van der Waals surface area contributed by atoms with Gasteiger partial charge in [0.15, 0.2) is 17.5 Å². The number of nitrogens with zero attached hydrogens (tertiary/aromatic N) is 2. The third kappa shape index (κ3) is 7.50. The number of halogens is 1. The summed E-state index contributed by atoms with van der Waals surface area (Å²) in [6.45, 7) is 8.53. The van der Waals surface area contributed by atoms with Crippen molar-refractivity contribution in [2.75, 3.05) is 33.3 Å². The molecule has 1 saturated heterocycles. The summed E-state index contributed by atoms with van der Waals surface area (Å²) in [5, 5.41) is 6.89. The molecule has 7 heteroatoms. The molecule has 174 valence electrons. The maximum Gasteiger partial charge on any atom is 0.191 e. The van der Waals surface area contributed by atoms with Crippen LogP contribution in [0.25, 0.3) is 0 Å². The van der Waals surface area contributed by atoms with Crippen molar-refractivity contribution in [1.82, 2.24) is 15.5 Å². The zero-order valence-electron chi connectivity index (χ0n) is 19.3. The average Bonchev–Trinajstić information content (AvgIpc) is 2.80. The van der Waals surface area contributed by atoms with Crippen LogP contribution in [0.5, 0.6) is 11.5 Å². The predicted octanol–water partition coefficient (Wildman–Crippen LogP) is 4.17. The van der Waals surface area contributed by atoms with E-state index in [4.69, 9.17) is 9.47 Å². The van der Waals surface area contributed by atoms with Gasteiger partial charge >= 0.3 is 0 Å². The van der Waals surface area contributed by atoms with Gasteiger partial charge in [-0.2, -0.15) is 0 Å². The van der Waals surface area contributed by atoms with E-state index in [0.29, 0.717) is 18.3 Å². The highest BCUT2D eigenvalue weighted by molar-refractivity contribution is 5.80. The van der Waals surface area contributed by atoms with Crippen LogP contribution in [-0.4, -0.2) is 56.3 Å². The Labute approximate surface area is 190 Å². The molecule has 1 aliphatic rings. The number of ether oxygens (including phenoxy) is 2. The highest BCUT2D eigenvalue weighted by Crippen LogP contribution is 2.27. The number of nitrogens with one attached hydrogen (secondary N) is 2.